The van der Waals surface area contributed by atoms with E-state index in [1.807, 2.05) is 6.92 Å². The molecule has 0 saturated heterocycles. The van der Waals surface area contributed by atoms with Crippen molar-refractivity contribution in [3.05, 3.63) is 39.9 Å². The molecular formula is C10H8BrFN2S2. The third-order valence-electron chi connectivity index (χ3n) is 1.86. The van der Waals surface area contributed by atoms with Crippen LogP contribution in [0.25, 0.3) is 0 Å². The molecule has 6 heteroatoms. The van der Waals surface area contributed by atoms with Crippen LogP contribution in [-0.4, -0.2) is 9.36 Å². The van der Waals surface area contributed by atoms with Gasteiger partial charge in [0.2, 0.25) is 0 Å². The van der Waals surface area contributed by atoms with E-state index in [9.17, 15) is 4.39 Å². The van der Waals surface area contributed by atoms with Gasteiger partial charge in [-0.05, 0) is 52.1 Å². The van der Waals surface area contributed by atoms with E-state index < -0.39 is 0 Å². The predicted octanol–water partition coefficient (Wildman–Crippen LogP) is 4.04. The highest BCUT2D eigenvalue weighted by atomic mass is 79.9. The molecule has 2 rings (SSSR count). The number of benzene rings is 1. The molecule has 0 saturated carbocycles. The molecule has 84 valence electrons. The number of hydrogen-bond acceptors (Lipinski definition) is 4. The largest absolute Gasteiger partial charge is 0.213 e. The maximum atomic E-state index is 13.0. The van der Waals surface area contributed by atoms with Gasteiger partial charge in [-0.25, -0.2) is 9.37 Å². The molecule has 0 aliphatic carbocycles. The standard InChI is InChI=1S/C10H8BrFN2S2/c1-6-13-10(16-14-6)15-5-7-2-3-9(12)8(11)4-7/h2-4H,5H2,1H3. The van der Waals surface area contributed by atoms with E-state index in [4.69, 9.17) is 0 Å². The molecule has 0 fully saturated rings. The van der Waals surface area contributed by atoms with E-state index in [-0.39, 0.29) is 5.82 Å². The van der Waals surface area contributed by atoms with Crippen molar-refractivity contribution in [2.75, 3.05) is 0 Å². The van der Waals surface area contributed by atoms with Gasteiger partial charge in [0, 0.05) is 5.75 Å². The first-order valence-electron chi connectivity index (χ1n) is 4.52. The van der Waals surface area contributed by atoms with Crippen molar-refractivity contribution < 1.29 is 4.39 Å². The summed E-state index contributed by atoms with van der Waals surface area (Å²) in [5.74, 6) is 1.33. The maximum Gasteiger partial charge on any atom is 0.170 e. The van der Waals surface area contributed by atoms with Gasteiger partial charge in [-0.3, -0.25) is 0 Å². The molecule has 0 amide bonds. The highest BCUT2D eigenvalue weighted by Crippen LogP contribution is 2.26. The van der Waals surface area contributed by atoms with Crippen LogP contribution >= 0.6 is 39.2 Å². The zero-order valence-corrected chi connectivity index (χ0v) is 11.6. The number of halogens is 2. The SMILES string of the molecule is Cc1nsc(SCc2ccc(F)c(Br)c2)n1. The Bertz CT molecular complexity index is 501. The Morgan fingerprint density at radius 1 is 1.50 bits per heavy atom. The monoisotopic (exact) mass is 318 g/mol. The van der Waals surface area contributed by atoms with E-state index in [2.05, 4.69) is 25.3 Å². The molecule has 0 N–H and O–H groups in total. The van der Waals surface area contributed by atoms with Crippen LogP contribution in [0.15, 0.2) is 27.0 Å². The lowest BCUT2D eigenvalue weighted by Crippen LogP contribution is -1.83. The summed E-state index contributed by atoms with van der Waals surface area (Å²) >= 11 is 6.17. The van der Waals surface area contributed by atoms with Crippen LogP contribution in [0.3, 0.4) is 0 Å². The van der Waals surface area contributed by atoms with Gasteiger partial charge in [0.25, 0.3) is 0 Å². The van der Waals surface area contributed by atoms with Crippen molar-refractivity contribution in [3.8, 4) is 0 Å². The number of rotatable bonds is 3. The minimum absolute atomic E-state index is 0.236. The molecule has 2 aromatic rings. The normalized spacial score (nSPS) is 10.7. The lowest BCUT2D eigenvalue weighted by Gasteiger charge is -2.00. The molecule has 0 radical (unpaired) electrons. The summed E-state index contributed by atoms with van der Waals surface area (Å²) in [6, 6.07) is 5.03. The first kappa shape index (κ1) is 12.0. The van der Waals surface area contributed by atoms with Crippen LogP contribution in [0, 0.1) is 12.7 Å². The van der Waals surface area contributed by atoms with Crippen LogP contribution < -0.4 is 0 Å². The van der Waals surface area contributed by atoms with Crippen molar-refractivity contribution >= 4 is 39.2 Å². The zero-order chi connectivity index (χ0) is 11.5. The fourth-order valence-corrected chi connectivity index (χ4v) is 3.13. The minimum Gasteiger partial charge on any atom is -0.213 e. The first-order valence-corrected chi connectivity index (χ1v) is 7.07. The lowest BCUT2D eigenvalue weighted by molar-refractivity contribution is 0.620. The Kier molecular flexibility index (Phi) is 3.94. The summed E-state index contributed by atoms with van der Waals surface area (Å²) in [7, 11) is 0. The average Bonchev–Trinajstić information content (AvgIpc) is 2.66. The molecular weight excluding hydrogens is 311 g/mol. The summed E-state index contributed by atoms with van der Waals surface area (Å²) in [5, 5.41) is 0. The predicted molar refractivity (Wildman–Crippen MR) is 68.3 cm³/mol. The maximum absolute atomic E-state index is 13.0. The topological polar surface area (TPSA) is 25.8 Å². The summed E-state index contributed by atoms with van der Waals surface area (Å²) in [5.41, 5.74) is 1.06. The van der Waals surface area contributed by atoms with E-state index in [1.54, 1.807) is 23.9 Å². The highest BCUT2D eigenvalue weighted by Gasteiger charge is 2.04. The van der Waals surface area contributed by atoms with E-state index >= 15 is 0 Å². The van der Waals surface area contributed by atoms with Crippen molar-refractivity contribution in [3.63, 3.8) is 0 Å². The molecule has 0 unspecified atom stereocenters. The molecule has 1 aromatic carbocycles. The van der Waals surface area contributed by atoms with Crippen LogP contribution in [0.5, 0.6) is 0 Å². The van der Waals surface area contributed by atoms with E-state index in [1.165, 1.54) is 17.6 Å². The van der Waals surface area contributed by atoms with Gasteiger partial charge in [-0.1, -0.05) is 17.8 Å². The second-order valence-corrected chi connectivity index (χ2v) is 5.97. The number of hydrogen-bond donors (Lipinski definition) is 0. The first-order chi connectivity index (χ1) is 7.65. The van der Waals surface area contributed by atoms with E-state index in [0.717, 1.165) is 21.5 Å². The molecule has 0 aliphatic heterocycles. The molecule has 16 heavy (non-hydrogen) atoms. The van der Waals surface area contributed by atoms with Crippen molar-refractivity contribution in [1.82, 2.24) is 9.36 Å². The highest BCUT2D eigenvalue weighted by molar-refractivity contribution is 9.10. The summed E-state index contributed by atoms with van der Waals surface area (Å²) in [4.78, 5) is 4.25. The third-order valence-corrected chi connectivity index (χ3v) is 4.46. The molecule has 1 heterocycles. The van der Waals surface area contributed by atoms with Gasteiger partial charge in [0.15, 0.2) is 4.34 Å². The molecule has 0 aliphatic rings. The number of nitrogens with zero attached hydrogens (tertiary/aromatic N) is 2. The third kappa shape index (κ3) is 3.02. The Labute approximate surface area is 110 Å². The summed E-state index contributed by atoms with van der Waals surface area (Å²) < 4.78 is 18.5. The summed E-state index contributed by atoms with van der Waals surface area (Å²) in [6.07, 6.45) is 0. The van der Waals surface area contributed by atoms with Crippen molar-refractivity contribution in [2.45, 2.75) is 17.0 Å². The second-order valence-electron chi connectivity index (χ2n) is 3.14. The summed E-state index contributed by atoms with van der Waals surface area (Å²) in [6.45, 7) is 1.87. The second kappa shape index (κ2) is 5.25. The van der Waals surface area contributed by atoms with Crippen LogP contribution in [0.2, 0.25) is 0 Å². The van der Waals surface area contributed by atoms with Crippen molar-refractivity contribution in [1.29, 1.82) is 0 Å². The Morgan fingerprint density at radius 3 is 2.94 bits per heavy atom. The van der Waals surface area contributed by atoms with Gasteiger partial charge >= 0.3 is 0 Å². The quantitative estimate of drug-likeness (QED) is 0.799. The lowest BCUT2D eigenvalue weighted by atomic mass is 10.2. The van der Waals surface area contributed by atoms with Crippen molar-refractivity contribution in [2.24, 2.45) is 0 Å². The fraction of sp³-hybridized carbons (Fsp3) is 0.200. The number of aryl methyl sites for hydroxylation is 1. The molecule has 0 spiro atoms. The smallest absolute Gasteiger partial charge is 0.170 e. The Hall–Kier alpha value is -0.460. The number of thioether (sulfide) groups is 1. The molecule has 0 atom stereocenters. The average molecular weight is 319 g/mol. The Morgan fingerprint density at radius 2 is 2.31 bits per heavy atom. The fourth-order valence-electron chi connectivity index (χ4n) is 1.11. The van der Waals surface area contributed by atoms with Gasteiger partial charge in [-0.15, -0.1) is 0 Å². The van der Waals surface area contributed by atoms with Gasteiger partial charge in [0.05, 0.1) is 4.47 Å². The van der Waals surface area contributed by atoms with Crippen LogP contribution in [-0.2, 0) is 5.75 Å². The molecule has 1 aromatic heterocycles. The van der Waals surface area contributed by atoms with Gasteiger partial charge < -0.3 is 0 Å². The molecule has 0 bridgehead atoms. The van der Waals surface area contributed by atoms with Crippen LogP contribution in [0.4, 0.5) is 4.39 Å². The van der Waals surface area contributed by atoms with Gasteiger partial charge in [0.1, 0.15) is 11.6 Å². The van der Waals surface area contributed by atoms with Gasteiger partial charge in [-0.2, -0.15) is 4.37 Å². The zero-order valence-electron chi connectivity index (χ0n) is 8.41. The van der Waals surface area contributed by atoms with E-state index in [0.29, 0.717) is 4.47 Å². The minimum atomic E-state index is -0.236. The Balaban J connectivity index is 2.02. The van der Waals surface area contributed by atoms with Crippen LogP contribution in [0.1, 0.15) is 11.4 Å². The number of aromatic nitrogens is 2. The molecule has 2 nitrogen and oxygen atoms in total.